The molecule has 0 radical (unpaired) electrons. The molecule has 1 atom stereocenters. The van der Waals surface area contributed by atoms with Crippen molar-refractivity contribution in [3.63, 3.8) is 0 Å². The number of hydrogen-bond donors (Lipinski definition) is 0. The average molecular weight is 234 g/mol. The van der Waals surface area contributed by atoms with E-state index in [0.29, 0.717) is 0 Å². The Hall–Kier alpha value is -0.563. The summed E-state index contributed by atoms with van der Waals surface area (Å²) in [6.45, 7) is 12.1. The highest BCUT2D eigenvalue weighted by atomic mass is 28.3. The molecule has 1 aromatic carbocycles. The molecule has 1 rings (SSSR count). The molecule has 0 saturated heterocycles. The fourth-order valence-corrected chi connectivity index (χ4v) is 8.47. The maximum Gasteiger partial charge on any atom is 0.0629 e. The lowest BCUT2D eigenvalue weighted by Crippen LogP contribution is -2.42. The van der Waals surface area contributed by atoms with Gasteiger partial charge in [-0.05, 0) is 11.1 Å². The predicted octanol–water partition coefficient (Wildman–Crippen LogP) is 5.23. The fourth-order valence-electron chi connectivity index (χ4n) is 3.25. The number of rotatable bonds is 5. The van der Waals surface area contributed by atoms with E-state index in [0.717, 1.165) is 11.1 Å². The first-order valence-electron chi connectivity index (χ1n) is 6.63. The lowest BCUT2D eigenvalue weighted by molar-refractivity contribution is 0.863. The van der Waals surface area contributed by atoms with Crippen LogP contribution in [0.2, 0.25) is 17.6 Å². The second-order valence-electron chi connectivity index (χ2n) is 5.23. The Bertz CT molecular complexity index is 298. The molecule has 0 nitrogen and oxygen atoms in total. The van der Waals surface area contributed by atoms with Gasteiger partial charge in [-0.25, -0.2) is 0 Å². The SMILES string of the molecule is CC[Si](CC)(C(C)C)C(C)c1ccccc1. The van der Waals surface area contributed by atoms with Gasteiger partial charge in [0.1, 0.15) is 0 Å². The molecular formula is C15H26Si. The summed E-state index contributed by atoms with van der Waals surface area (Å²) in [5.74, 6) is 0. The molecule has 16 heavy (non-hydrogen) atoms. The maximum atomic E-state index is 2.45. The van der Waals surface area contributed by atoms with Crippen molar-refractivity contribution in [1.29, 1.82) is 0 Å². The lowest BCUT2D eigenvalue weighted by atomic mass is 10.2. The van der Waals surface area contributed by atoms with Gasteiger partial charge in [-0.3, -0.25) is 0 Å². The van der Waals surface area contributed by atoms with E-state index in [1.165, 1.54) is 12.1 Å². The van der Waals surface area contributed by atoms with Crippen LogP contribution in [-0.2, 0) is 0 Å². The van der Waals surface area contributed by atoms with Gasteiger partial charge in [0.15, 0.2) is 0 Å². The summed E-state index contributed by atoms with van der Waals surface area (Å²) in [6.07, 6.45) is 0. The highest BCUT2D eigenvalue weighted by Gasteiger charge is 2.38. The van der Waals surface area contributed by atoms with E-state index in [1.54, 1.807) is 5.56 Å². The monoisotopic (exact) mass is 234 g/mol. The van der Waals surface area contributed by atoms with Gasteiger partial charge < -0.3 is 0 Å². The van der Waals surface area contributed by atoms with E-state index in [9.17, 15) is 0 Å². The standard InChI is InChI=1S/C15H26Si/c1-6-16(7-2,13(3)4)14(5)15-11-9-8-10-12-15/h8-14H,6-7H2,1-5H3. The van der Waals surface area contributed by atoms with Crippen LogP contribution in [0.1, 0.15) is 45.7 Å². The fraction of sp³-hybridized carbons (Fsp3) is 0.600. The zero-order chi connectivity index (χ0) is 12.2. The first kappa shape index (κ1) is 13.5. The molecule has 0 fully saturated rings. The molecule has 0 aliphatic rings. The van der Waals surface area contributed by atoms with Crippen LogP contribution < -0.4 is 0 Å². The van der Waals surface area contributed by atoms with Crippen molar-refractivity contribution in [2.24, 2.45) is 0 Å². The van der Waals surface area contributed by atoms with Gasteiger partial charge in [0, 0.05) is 0 Å². The first-order valence-corrected chi connectivity index (χ1v) is 9.20. The second kappa shape index (κ2) is 5.67. The summed E-state index contributed by atoms with van der Waals surface area (Å²) in [6, 6.07) is 13.9. The first-order chi connectivity index (χ1) is 7.58. The van der Waals surface area contributed by atoms with Gasteiger partial charge in [0.25, 0.3) is 0 Å². The Balaban J connectivity index is 3.05. The maximum absolute atomic E-state index is 2.45. The average Bonchev–Trinajstić information content (AvgIpc) is 2.32. The third-order valence-electron chi connectivity index (χ3n) is 4.63. The second-order valence-corrected chi connectivity index (χ2v) is 11.1. The number of hydrogen-bond acceptors (Lipinski definition) is 0. The normalized spacial score (nSPS) is 14.1. The molecule has 0 saturated carbocycles. The highest BCUT2D eigenvalue weighted by Crippen LogP contribution is 2.40. The minimum absolute atomic E-state index is 0.781. The smallest absolute Gasteiger partial charge is 0.0629 e. The van der Waals surface area contributed by atoms with Crippen LogP contribution in [0.15, 0.2) is 30.3 Å². The Morgan fingerprint density at radius 2 is 1.44 bits per heavy atom. The van der Waals surface area contributed by atoms with Gasteiger partial charge in [0.2, 0.25) is 0 Å². The van der Waals surface area contributed by atoms with E-state index < -0.39 is 8.07 Å². The van der Waals surface area contributed by atoms with Gasteiger partial charge in [-0.15, -0.1) is 0 Å². The van der Waals surface area contributed by atoms with E-state index in [2.05, 4.69) is 65.0 Å². The largest absolute Gasteiger partial charge is 0.0677 e. The number of benzene rings is 1. The van der Waals surface area contributed by atoms with Crippen LogP contribution in [0, 0.1) is 0 Å². The Morgan fingerprint density at radius 3 is 1.81 bits per heavy atom. The van der Waals surface area contributed by atoms with Gasteiger partial charge in [0.05, 0.1) is 8.07 Å². The van der Waals surface area contributed by atoms with Gasteiger partial charge >= 0.3 is 0 Å². The van der Waals surface area contributed by atoms with Gasteiger partial charge in [-0.2, -0.15) is 0 Å². The molecule has 90 valence electrons. The highest BCUT2D eigenvalue weighted by molar-refractivity contribution is 6.82. The zero-order valence-corrected chi connectivity index (χ0v) is 12.5. The van der Waals surface area contributed by atoms with E-state index in [-0.39, 0.29) is 0 Å². The molecule has 1 heteroatoms. The molecular weight excluding hydrogens is 208 g/mol. The summed E-state index contributed by atoms with van der Waals surface area (Å²) in [5, 5.41) is 0. The van der Waals surface area contributed by atoms with E-state index in [4.69, 9.17) is 0 Å². The summed E-state index contributed by atoms with van der Waals surface area (Å²) in [7, 11) is -1.17. The molecule has 0 spiro atoms. The van der Waals surface area contributed by atoms with Gasteiger partial charge in [-0.1, -0.05) is 82.6 Å². The summed E-state index contributed by atoms with van der Waals surface area (Å²) >= 11 is 0. The predicted molar refractivity (Wildman–Crippen MR) is 76.7 cm³/mol. The van der Waals surface area contributed by atoms with Crippen molar-refractivity contribution in [2.45, 2.75) is 57.8 Å². The van der Waals surface area contributed by atoms with Crippen LogP contribution in [0.3, 0.4) is 0 Å². The minimum Gasteiger partial charge on any atom is -0.0677 e. The van der Waals surface area contributed by atoms with Crippen molar-refractivity contribution < 1.29 is 0 Å². The van der Waals surface area contributed by atoms with Crippen LogP contribution in [0.4, 0.5) is 0 Å². The van der Waals surface area contributed by atoms with E-state index in [1.807, 2.05) is 0 Å². The van der Waals surface area contributed by atoms with Crippen LogP contribution >= 0.6 is 0 Å². The van der Waals surface area contributed by atoms with Crippen molar-refractivity contribution in [3.05, 3.63) is 35.9 Å². The quantitative estimate of drug-likeness (QED) is 0.612. The Morgan fingerprint density at radius 1 is 0.938 bits per heavy atom. The van der Waals surface area contributed by atoms with Crippen LogP contribution in [0.5, 0.6) is 0 Å². The molecule has 0 bridgehead atoms. The molecule has 1 aromatic rings. The third-order valence-corrected chi connectivity index (χ3v) is 11.6. The Labute approximate surface area is 102 Å². The minimum atomic E-state index is -1.17. The third kappa shape index (κ3) is 2.40. The molecule has 0 aromatic heterocycles. The van der Waals surface area contributed by atoms with Crippen molar-refractivity contribution >= 4 is 8.07 Å². The van der Waals surface area contributed by atoms with Crippen LogP contribution in [0.25, 0.3) is 0 Å². The zero-order valence-electron chi connectivity index (χ0n) is 11.5. The lowest BCUT2D eigenvalue weighted by Gasteiger charge is -2.40. The van der Waals surface area contributed by atoms with Crippen LogP contribution in [-0.4, -0.2) is 8.07 Å². The van der Waals surface area contributed by atoms with Crippen molar-refractivity contribution in [2.75, 3.05) is 0 Å². The molecule has 0 aliphatic heterocycles. The summed E-state index contributed by atoms with van der Waals surface area (Å²) in [4.78, 5) is 0. The molecule has 0 aliphatic carbocycles. The summed E-state index contributed by atoms with van der Waals surface area (Å²) in [5.41, 5.74) is 3.20. The molecule has 0 heterocycles. The Kier molecular flexibility index (Phi) is 4.79. The molecule has 1 unspecified atom stereocenters. The van der Waals surface area contributed by atoms with Crippen molar-refractivity contribution in [1.82, 2.24) is 0 Å². The van der Waals surface area contributed by atoms with E-state index >= 15 is 0 Å². The summed E-state index contributed by atoms with van der Waals surface area (Å²) < 4.78 is 0. The molecule has 0 N–H and O–H groups in total. The molecule has 0 amide bonds. The van der Waals surface area contributed by atoms with Crippen molar-refractivity contribution in [3.8, 4) is 0 Å². The topological polar surface area (TPSA) is 0 Å².